The molecule has 0 radical (unpaired) electrons. The van der Waals surface area contributed by atoms with Crippen LogP contribution in [0.2, 0.25) is 0 Å². The molecule has 0 bridgehead atoms. The highest BCUT2D eigenvalue weighted by atomic mass is 32.2. The molecular weight excluding hydrogens is 428 g/mol. The van der Waals surface area contributed by atoms with Gasteiger partial charge in [0.1, 0.15) is 0 Å². The zero-order valence-corrected chi connectivity index (χ0v) is 16.8. The third kappa shape index (κ3) is 4.75. The molecule has 0 spiro atoms. The Bertz CT molecular complexity index is 976. The van der Waals surface area contributed by atoms with E-state index in [0.717, 1.165) is 12.7 Å². The second-order valence-corrected chi connectivity index (χ2v) is 8.39. The van der Waals surface area contributed by atoms with Crippen molar-refractivity contribution in [1.82, 2.24) is 9.62 Å². The lowest BCUT2D eigenvalue weighted by molar-refractivity contribution is -0.0277. The SMILES string of the molecule is COc1c(F)c(F)c(S(=O)(=O)NC[C@@H]2CN(Cc3ccccc3)CCO2)c(F)c1F. The lowest BCUT2D eigenvalue weighted by Crippen LogP contribution is -2.47. The van der Waals surface area contributed by atoms with Gasteiger partial charge in [-0.15, -0.1) is 0 Å². The standard InChI is InChI=1S/C19H20F4N2O4S/c1-28-18-14(20)16(22)19(17(23)15(18)21)30(26,27)24-9-13-11-25(7-8-29-13)10-12-5-3-2-4-6-12/h2-6,13,24H,7-11H2,1H3/t13-/m1/s1. The second-order valence-electron chi connectivity index (χ2n) is 6.68. The number of morpholine rings is 1. The minimum Gasteiger partial charge on any atom is -0.491 e. The number of sulfonamides is 1. The monoisotopic (exact) mass is 448 g/mol. The first-order valence-corrected chi connectivity index (χ1v) is 10.5. The minimum atomic E-state index is -4.90. The molecule has 30 heavy (non-hydrogen) atoms. The highest BCUT2D eigenvalue weighted by Crippen LogP contribution is 2.32. The number of halogens is 4. The molecule has 1 N–H and O–H groups in total. The largest absolute Gasteiger partial charge is 0.491 e. The normalized spacial score (nSPS) is 17.8. The molecule has 1 aliphatic heterocycles. The van der Waals surface area contributed by atoms with E-state index >= 15 is 0 Å². The van der Waals surface area contributed by atoms with E-state index in [4.69, 9.17) is 4.74 Å². The lowest BCUT2D eigenvalue weighted by atomic mass is 10.2. The van der Waals surface area contributed by atoms with Gasteiger partial charge in [0.05, 0.1) is 19.8 Å². The van der Waals surface area contributed by atoms with Crippen molar-refractivity contribution in [2.45, 2.75) is 17.5 Å². The van der Waals surface area contributed by atoms with Crippen molar-refractivity contribution in [3.05, 3.63) is 59.2 Å². The van der Waals surface area contributed by atoms with Crippen molar-refractivity contribution in [3.8, 4) is 5.75 Å². The average Bonchev–Trinajstić information content (AvgIpc) is 2.72. The fourth-order valence-electron chi connectivity index (χ4n) is 3.17. The summed E-state index contributed by atoms with van der Waals surface area (Å²) >= 11 is 0. The molecule has 0 aliphatic carbocycles. The second kappa shape index (κ2) is 9.29. The quantitative estimate of drug-likeness (QED) is 0.521. The van der Waals surface area contributed by atoms with Gasteiger partial charge in [0, 0.05) is 26.2 Å². The van der Waals surface area contributed by atoms with Crippen LogP contribution in [-0.2, 0) is 21.3 Å². The van der Waals surface area contributed by atoms with Gasteiger partial charge in [-0.3, -0.25) is 4.90 Å². The van der Waals surface area contributed by atoms with Gasteiger partial charge >= 0.3 is 0 Å². The maximum atomic E-state index is 14.1. The van der Waals surface area contributed by atoms with E-state index in [1.165, 1.54) is 0 Å². The predicted octanol–water partition coefficient (Wildman–Crippen LogP) is 2.43. The first-order valence-electron chi connectivity index (χ1n) is 9.02. The molecule has 3 rings (SSSR count). The highest BCUT2D eigenvalue weighted by Gasteiger charge is 2.34. The maximum absolute atomic E-state index is 14.1. The van der Waals surface area contributed by atoms with Crippen LogP contribution in [-0.4, -0.2) is 52.8 Å². The van der Waals surface area contributed by atoms with Crippen molar-refractivity contribution in [3.63, 3.8) is 0 Å². The van der Waals surface area contributed by atoms with Gasteiger partial charge in [0.15, 0.2) is 22.3 Å². The third-order valence-electron chi connectivity index (χ3n) is 4.63. The summed E-state index contributed by atoms with van der Waals surface area (Å²) in [4.78, 5) is 0.293. The van der Waals surface area contributed by atoms with Gasteiger partial charge in [-0.1, -0.05) is 30.3 Å². The van der Waals surface area contributed by atoms with E-state index in [1.54, 1.807) is 0 Å². The van der Waals surface area contributed by atoms with Gasteiger partial charge in [0.25, 0.3) is 0 Å². The smallest absolute Gasteiger partial charge is 0.246 e. The van der Waals surface area contributed by atoms with Gasteiger partial charge in [-0.25, -0.2) is 21.9 Å². The first kappa shape index (κ1) is 22.5. The number of hydrogen-bond donors (Lipinski definition) is 1. The molecular formula is C19H20F4N2O4S. The van der Waals surface area contributed by atoms with Crippen LogP contribution in [0, 0.1) is 23.3 Å². The third-order valence-corrected chi connectivity index (χ3v) is 6.07. The molecule has 1 heterocycles. The summed E-state index contributed by atoms with van der Waals surface area (Å²) in [6.07, 6.45) is -0.615. The Labute approximate surface area is 171 Å². The van der Waals surface area contributed by atoms with Crippen LogP contribution in [0.25, 0.3) is 0 Å². The number of methoxy groups -OCH3 is 1. The Hall–Kier alpha value is -2.21. The number of nitrogens with zero attached hydrogens (tertiary/aromatic N) is 1. The molecule has 1 aliphatic rings. The van der Waals surface area contributed by atoms with Crippen molar-refractivity contribution < 1.29 is 35.5 Å². The van der Waals surface area contributed by atoms with Crippen LogP contribution in [0.5, 0.6) is 5.75 Å². The van der Waals surface area contributed by atoms with E-state index < -0.39 is 50.0 Å². The summed E-state index contributed by atoms with van der Waals surface area (Å²) in [5.41, 5.74) is 1.06. The van der Waals surface area contributed by atoms with Crippen LogP contribution in [0.4, 0.5) is 17.6 Å². The van der Waals surface area contributed by atoms with E-state index in [9.17, 15) is 26.0 Å². The summed E-state index contributed by atoms with van der Waals surface area (Å²) in [6, 6.07) is 9.59. The molecule has 2 aromatic rings. The summed E-state index contributed by atoms with van der Waals surface area (Å²) in [5.74, 6) is -9.32. The van der Waals surface area contributed by atoms with Crippen molar-refractivity contribution in [1.29, 1.82) is 0 Å². The highest BCUT2D eigenvalue weighted by molar-refractivity contribution is 7.89. The molecule has 1 saturated heterocycles. The van der Waals surface area contributed by atoms with Crippen LogP contribution in [0.1, 0.15) is 5.56 Å². The molecule has 1 fully saturated rings. The Kier molecular flexibility index (Phi) is 6.96. The molecule has 0 unspecified atom stereocenters. The molecule has 1 atom stereocenters. The van der Waals surface area contributed by atoms with Gasteiger partial charge in [-0.2, -0.15) is 8.78 Å². The summed E-state index contributed by atoms with van der Waals surface area (Å²) in [7, 11) is -4.10. The van der Waals surface area contributed by atoms with Crippen molar-refractivity contribution in [2.24, 2.45) is 0 Å². The van der Waals surface area contributed by atoms with E-state index in [1.807, 2.05) is 40.0 Å². The Balaban J connectivity index is 1.71. The molecule has 0 aromatic heterocycles. The fraction of sp³-hybridized carbons (Fsp3) is 0.368. The van der Waals surface area contributed by atoms with Crippen molar-refractivity contribution in [2.75, 3.05) is 33.4 Å². The number of benzene rings is 2. The molecule has 6 nitrogen and oxygen atoms in total. The zero-order chi connectivity index (χ0) is 21.9. The van der Waals surface area contributed by atoms with Crippen LogP contribution < -0.4 is 9.46 Å². The molecule has 164 valence electrons. The number of nitrogens with one attached hydrogen (secondary N) is 1. The van der Waals surface area contributed by atoms with E-state index in [-0.39, 0.29) is 6.54 Å². The minimum absolute atomic E-state index is 0.327. The summed E-state index contributed by atoms with van der Waals surface area (Å²) in [6.45, 7) is 1.59. The van der Waals surface area contributed by atoms with Crippen LogP contribution in [0.15, 0.2) is 35.2 Å². The first-order chi connectivity index (χ1) is 14.2. The summed E-state index contributed by atoms with van der Waals surface area (Å²) in [5, 5.41) is 0. The summed E-state index contributed by atoms with van der Waals surface area (Å²) < 4.78 is 92.4. The van der Waals surface area contributed by atoms with Gasteiger partial charge in [-0.05, 0) is 5.56 Å². The van der Waals surface area contributed by atoms with Crippen LogP contribution >= 0.6 is 0 Å². The topological polar surface area (TPSA) is 67.9 Å². The molecule has 11 heteroatoms. The Morgan fingerprint density at radius 2 is 1.73 bits per heavy atom. The zero-order valence-electron chi connectivity index (χ0n) is 16.0. The lowest BCUT2D eigenvalue weighted by Gasteiger charge is -2.33. The van der Waals surface area contributed by atoms with E-state index in [0.29, 0.717) is 26.2 Å². The van der Waals surface area contributed by atoms with Gasteiger partial charge in [0.2, 0.25) is 21.7 Å². The fourth-order valence-corrected chi connectivity index (χ4v) is 4.37. The number of hydrogen-bond acceptors (Lipinski definition) is 5. The maximum Gasteiger partial charge on any atom is 0.246 e. The predicted molar refractivity (Wildman–Crippen MR) is 99.5 cm³/mol. The number of ether oxygens (including phenoxy) is 2. The van der Waals surface area contributed by atoms with E-state index in [2.05, 4.69) is 4.74 Å². The Morgan fingerprint density at radius 3 is 2.33 bits per heavy atom. The number of rotatable bonds is 7. The average molecular weight is 448 g/mol. The van der Waals surface area contributed by atoms with Crippen molar-refractivity contribution >= 4 is 10.0 Å². The van der Waals surface area contributed by atoms with Gasteiger partial charge < -0.3 is 9.47 Å². The molecule has 0 saturated carbocycles. The molecule has 2 aromatic carbocycles. The molecule has 0 amide bonds. The Morgan fingerprint density at radius 1 is 1.10 bits per heavy atom. The van der Waals surface area contributed by atoms with Crippen LogP contribution in [0.3, 0.4) is 0 Å².